The number of ether oxygens (including phenoxy) is 4. The van der Waals surface area contributed by atoms with Crippen molar-refractivity contribution in [3.63, 3.8) is 0 Å². The summed E-state index contributed by atoms with van der Waals surface area (Å²) in [7, 11) is 4.47. The number of carbonyl (C=O) groups is 2. The fourth-order valence-electron chi connectivity index (χ4n) is 4.84. The summed E-state index contributed by atoms with van der Waals surface area (Å²) in [4.78, 5) is 29.6. The van der Waals surface area contributed by atoms with Crippen molar-refractivity contribution >= 4 is 28.2 Å². The summed E-state index contributed by atoms with van der Waals surface area (Å²) in [5.74, 6) is 0.864. The van der Waals surface area contributed by atoms with Crippen molar-refractivity contribution in [1.82, 2.24) is 10.2 Å². The molecule has 0 spiro atoms. The number of fused-ring (bicyclic) bond motifs is 3. The first-order valence-corrected chi connectivity index (χ1v) is 13.2. The maximum Gasteiger partial charge on any atom is 0.343 e. The van der Waals surface area contributed by atoms with Crippen molar-refractivity contribution in [2.75, 3.05) is 33.2 Å². The number of nitrogens with zero attached hydrogens (tertiary/aromatic N) is 1. The Morgan fingerprint density at radius 1 is 1.03 bits per heavy atom. The summed E-state index contributed by atoms with van der Waals surface area (Å²) in [6.45, 7) is 6.23. The van der Waals surface area contributed by atoms with Crippen LogP contribution in [-0.2, 0) is 13.0 Å². The highest BCUT2D eigenvalue weighted by Gasteiger charge is 2.33. The van der Waals surface area contributed by atoms with Gasteiger partial charge in [-0.1, -0.05) is 12.1 Å². The molecule has 0 fully saturated rings. The highest BCUT2D eigenvalue weighted by atomic mass is 32.1. The van der Waals surface area contributed by atoms with Gasteiger partial charge in [0, 0.05) is 24.0 Å². The van der Waals surface area contributed by atoms with Gasteiger partial charge in [-0.25, -0.2) is 4.79 Å². The number of methoxy groups -OCH3 is 3. The average Bonchev–Trinajstić information content (AvgIpc) is 3.30. The summed E-state index contributed by atoms with van der Waals surface area (Å²) >= 11 is 1.67. The Bertz CT molecular complexity index is 1340. The van der Waals surface area contributed by atoms with Crippen LogP contribution < -0.4 is 29.6 Å². The van der Waals surface area contributed by atoms with Crippen LogP contribution in [0.1, 0.15) is 56.7 Å². The van der Waals surface area contributed by atoms with Crippen molar-refractivity contribution in [3.8, 4) is 23.0 Å². The number of benzene rings is 2. The molecular formula is C28H31N3O6S. The quantitative estimate of drug-likeness (QED) is 0.333. The number of amides is 1. The average molecular weight is 538 g/mol. The van der Waals surface area contributed by atoms with E-state index in [1.165, 1.54) is 43.9 Å². The fourth-order valence-corrected chi connectivity index (χ4v) is 6.14. The van der Waals surface area contributed by atoms with Crippen LogP contribution in [0.15, 0.2) is 36.4 Å². The highest BCUT2D eigenvalue weighted by Crippen LogP contribution is 2.41. The highest BCUT2D eigenvalue weighted by molar-refractivity contribution is 7.16. The van der Waals surface area contributed by atoms with Crippen molar-refractivity contribution in [2.45, 2.75) is 39.0 Å². The maximum atomic E-state index is 13.1. The number of rotatable bonds is 7. The van der Waals surface area contributed by atoms with Crippen LogP contribution in [0.2, 0.25) is 0 Å². The minimum absolute atomic E-state index is 0.0582. The van der Waals surface area contributed by atoms with E-state index in [1.807, 2.05) is 12.1 Å². The second-order valence-electron chi connectivity index (χ2n) is 9.45. The van der Waals surface area contributed by atoms with Gasteiger partial charge in [0.1, 0.15) is 16.9 Å². The van der Waals surface area contributed by atoms with Crippen LogP contribution in [-0.4, -0.2) is 50.7 Å². The van der Waals surface area contributed by atoms with E-state index in [4.69, 9.17) is 18.9 Å². The normalized spacial score (nSPS) is 16.7. The predicted octanol–water partition coefficient (Wildman–Crippen LogP) is 4.61. The van der Waals surface area contributed by atoms with Crippen molar-refractivity contribution in [3.05, 3.63) is 63.5 Å². The molecule has 3 heterocycles. The Morgan fingerprint density at radius 2 is 1.71 bits per heavy atom. The predicted molar refractivity (Wildman–Crippen MR) is 145 cm³/mol. The van der Waals surface area contributed by atoms with Gasteiger partial charge in [0.15, 0.2) is 11.5 Å². The zero-order valence-electron chi connectivity index (χ0n) is 22.0. The van der Waals surface area contributed by atoms with Gasteiger partial charge in [0.05, 0.1) is 32.5 Å². The molecule has 5 rings (SSSR count). The Balaban J connectivity index is 1.30. The molecule has 0 radical (unpaired) electrons. The Kier molecular flexibility index (Phi) is 7.18. The Morgan fingerprint density at radius 3 is 2.32 bits per heavy atom. The topological polar surface area (TPSA) is 98.4 Å². The number of hydrogen-bond donors (Lipinski definition) is 2. The van der Waals surface area contributed by atoms with Crippen LogP contribution in [0, 0.1) is 0 Å². The third kappa shape index (κ3) is 4.77. The van der Waals surface area contributed by atoms with E-state index in [0.717, 1.165) is 35.6 Å². The number of thiophene rings is 1. The van der Waals surface area contributed by atoms with Crippen LogP contribution in [0.3, 0.4) is 0 Å². The number of esters is 1. The zero-order valence-corrected chi connectivity index (χ0v) is 22.9. The molecule has 1 amide bonds. The van der Waals surface area contributed by atoms with E-state index < -0.39 is 5.97 Å². The van der Waals surface area contributed by atoms with E-state index in [9.17, 15) is 9.59 Å². The zero-order chi connectivity index (χ0) is 27.0. The third-order valence-electron chi connectivity index (χ3n) is 6.92. The van der Waals surface area contributed by atoms with E-state index in [-0.39, 0.29) is 17.6 Å². The first-order valence-electron chi connectivity index (χ1n) is 12.4. The van der Waals surface area contributed by atoms with Gasteiger partial charge < -0.3 is 29.6 Å². The Hall–Kier alpha value is -3.76. The number of nitrogens with one attached hydrogen (secondary N) is 2. The second kappa shape index (κ2) is 10.5. The fraction of sp³-hybridized carbons (Fsp3) is 0.357. The van der Waals surface area contributed by atoms with Gasteiger partial charge >= 0.3 is 5.97 Å². The molecule has 1 aromatic heterocycles. The van der Waals surface area contributed by atoms with Crippen LogP contribution in [0.5, 0.6) is 23.0 Å². The number of anilines is 1. The van der Waals surface area contributed by atoms with Crippen molar-refractivity contribution < 1.29 is 28.5 Å². The summed E-state index contributed by atoms with van der Waals surface area (Å²) in [6.07, 6.45) is 0.502. The standard InChI is InChI=1S/C28H31N3O6S/c1-15(2)31-11-10-19-22(14-31)38-27-23(19)26(32)29-25(30-27)16-6-8-18(9-7-16)37-28(33)17-12-20(34-3)24(36-5)21(13-17)35-4/h6-9,12-13,15,25,30H,10-11,14H2,1-5H3,(H,29,32). The van der Waals surface area contributed by atoms with Crippen LogP contribution >= 0.6 is 11.3 Å². The molecule has 0 saturated heterocycles. The Labute approximate surface area is 225 Å². The molecule has 9 nitrogen and oxygen atoms in total. The molecule has 200 valence electrons. The molecule has 2 aliphatic heterocycles. The first kappa shape index (κ1) is 25.9. The van der Waals surface area contributed by atoms with Gasteiger partial charge in [-0.2, -0.15) is 0 Å². The molecule has 0 bridgehead atoms. The number of hydrogen-bond acceptors (Lipinski definition) is 9. The van der Waals surface area contributed by atoms with Crippen LogP contribution in [0.4, 0.5) is 5.00 Å². The summed E-state index contributed by atoms with van der Waals surface area (Å²) in [5.41, 5.74) is 3.06. The monoisotopic (exact) mass is 537 g/mol. The molecule has 2 aromatic carbocycles. The van der Waals surface area contributed by atoms with Gasteiger partial charge in [-0.05, 0) is 55.7 Å². The molecule has 0 saturated carbocycles. The van der Waals surface area contributed by atoms with Crippen molar-refractivity contribution in [1.29, 1.82) is 0 Å². The minimum atomic E-state index is -0.564. The van der Waals surface area contributed by atoms with E-state index in [2.05, 4.69) is 29.4 Å². The molecule has 10 heteroatoms. The lowest BCUT2D eigenvalue weighted by Gasteiger charge is -2.31. The summed E-state index contributed by atoms with van der Waals surface area (Å²) in [5, 5.41) is 7.47. The van der Waals surface area contributed by atoms with Gasteiger partial charge in [0.2, 0.25) is 5.75 Å². The van der Waals surface area contributed by atoms with E-state index >= 15 is 0 Å². The minimum Gasteiger partial charge on any atom is -0.493 e. The van der Waals surface area contributed by atoms with Gasteiger partial charge in [-0.3, -0.25) is 9.69 Å². The molecule has 2 aliphatic rings. The molecule has 3 aromatic rings. The van der Waals surface area contributed by atoms with E-state index in [1.54, 1.807) is 23.5 Å². The molecule has 38 heavy (non-hydrogen) atoms. The molecule has 2 N–H and O–H groups in total. The third-order valence-corrected chi connectivity index (χ3v) is 8.07. The molecule has 1 atom stereocenters. The SMILES string of the molecule is COc1cc(C(=O)Oc2ccc(C3NC(=O)c4c(sc5c4CCN(C(C)C)C5)N3)cc2)cc(OC)c1OC. The maximum absolute atomic E-state index is 13.1. The molecule has 1 unspecified atom stereocenters. The van der Waals surface area contributed by atoms with Gasteiger partial charge in [0.25, 0.3) is 5.91 Å². The lowest BCUT2D eigenvalue weighted by molar-refractivity contribution is 0.0733. The van der Waals surface area contributed by atoms with Crippen LogP contribution in [0.25, 0.3) is 0 Å². The molecule has 0 aliphatic carbocycles. The lowest BCUT2D eigenvalue weighted by atomic mass is 9.99. The van der Waals surface area contributed by atoms with Crippen molar-refractivity contribution in [2.24, 2.45) is 0 Å². The smallest absolute Gasteiger partial charge is 0.343 e. The lowest BCUT2D eigenvalue weighted by Crippen LogP contribution is -2.39. The number of carbonyl (C=O) groups excluding carboxylic acids is 2. The largest absolute Gasteiger partial charge is 0.493 e. The van der Waals surface area contributed by atoms with Gasteiger partial charge in [-0.15, -0.1) is 11.3 Å². The molecular weight excluding hydrogens is 506 g/mol. The summed E-state index contributed by atoms with van der Waals surface area (Å²) in [6, 6.07) is 10.6. The van der Waals surface area contributed by atoms with E-state index in [0.29, 0.717) is 29.0 Å². The first-order chi connectivity index (χ1) is 18.3. The summed E-state index contributed by atoms with van der Waals surface area (Å²) < 4.78 is 21.5. The second-order valence-corrected chi connectivity index (χ2v) is 10.6.